The number of carbonyl (C=O) groups is 3. The van der Waals surface area contributed by atoms with Gasteiger partial charge in [0.25, 0.3) is 17.7 Å². The van der Waals surface area contributed by atoms with E-state index < -0.39 is 23.6 Å². The Balaban J connectivity index is 1.41. The maximum atomic E-state index is 13.4. The molecule has 0 spiro atoms. The number of nitrogens with zero attached hydrogens (tertiary/aromatic N) is 2. The highest BCUT2D eigenvalue weighted by Gasteiger charge is 2.30. The second kappa shape index (κ2) is 15.1. The first-order valence-electron chi connectivity index (χ1n) is 15.2. The Morgan fingerprint density at radius 1 is 0.787 bits per heavy atom. The van der Waals surface area contributed by atoms with Crippen molar-refractivity contribution in [1.29, 1.82) is 0 Å². The molecule has 1 aromatic heterocycles. The minimum absolute atomic E-state index is 0.102. The standard InChI is InChI=1S/C35H33ClF3N5O3/c36-13-15-41-32(45)24-7-5-8-25(19-24)34(47)43-30-11-10-28(44-16-2-1-3-17-44)21-29(30)31-20-26(12-14-40-31)33(46)42-22-23-6-4-9-27(18-23)35(37,38)39/h4-12,14,18-21H,1-3,13,15-17,22H2,(H,41,45)(H,42,46)(H,43,47). The summed E-state index contributed by atoms with van der Waals surface area (Å²) in [5.41, 5.74) is 2.73. The fourth-order valence-electron chi connectivity index (χ4n) is 5.32. The predicted octanol–water partition coefficient (Wildman–Crippen LogP) is 6.91. The number of carbonyl (C=O) groups excluding carboxylic acids is 3. The molecule has 2 heterocycles. The Morgan fingerprint density at radius 2 is 1.49 bits per heavy atom. The molecule has 3 amide bonds. The van der Waals surface area contributed by atoms with E-state index in [2.05, 4.69) is 25.8 Å². The molecule has 244 valence electrons. The maximum absolute atomic E-state index is 13.4. The minimum Gasteiger partial charge on any atom is -0.372 e. The van der Waals surface area contributed by atoms with E-state index in [0.29, 0.717) is 34.6 Å². The molecule has 3 N–H and O–H groups in total. The molecule has 1 aliphatic rings. The molecule has 0 atom stereocenters. The van der Waals surface area contributed by atoms with Crippen molar-refractivity contribution in [3.8, 4) is 11.3 Å². The van der Waals surface area contributed by atoms with Gasteiger partial charge in [0.2, 0.25) is 0 Å². The van der Waals surface area contributed by atoms with Crippen molar-refractivity contribution in [2.75, 3.05) is 35.7 Å². The Labute approximate surface area is 275 Å². The molecule has 0 unspecified atom stereocenters. The predicted molar refractivity (Wildman–Crippen MR) is 176 cm³/mol. The fraction of sp³-hybridized carbons (Fsp3) is 0.257. The smallest absolute Gasteiger partial charge is 0.372 e. The van der Waals surface area contributed by atoms with Crippen LogP contribution in [-0.4, -0.2) is 48.2 Å². The molecule has 5 rings (SSSR count). The van der Waals surface area contributed by atoms with Crippen LogP contribution >= 0.6 is 11.6 Å². The molecule has 4 aromatic rings. The molecule has 0 saturated carbocycles. The summed E-state index contributed by atoms with van der Waals surface area (Å²) in [5, 5.41) is 8.29. The van der Waals surface area contributed by atoms with E-state index in [4.69, 9.17) is 11.6 Å². The van der Waals surface area contributed by atoms with Crippen LogP contribution in [-0.2, 0) is 12.7 Å². The van der Waals surface area contributed by atoms with E-state index in [1.807, 2.05) is 12.1 Å². The highest BCUT2D eigenvalue weighted by Crippen LogP contribution is 2.33. The number of rotatable bonds is 10. The Morgan fingerprint density at radius 3 is 2.23 bits per heavy atom. The monoisotopic (exact) mass is 663 g/mol. The van der Waals surface area contributed by atoms with Gasteiger partial charge in [-0.3, -0.25) is 19.4 Å². The van der Waals surface area contributed by atoms with E-state index in [0.717, 1.165) is 50.2 Å². The number of nitrogens with one attached hydrogen (secondary N) is 3. The zero-order chi connectivity index (χ0) is 33.4. The zero-order valence-corrected chi connectivity index (χ0v) is 26.1. The molecule has 1 fully saturated rings. The third-order valence-corrected chi connectivity index (χ3v) is 7.93. The van der Waals surface area contributed by atoms with Gasteiger partial charge in [0.1, 0.15) is 0 Å². The number of pyridine rings is 1. The summed E-state index contributed by atoms with van der Waals surface area (Å²) >= 11 is 5.67. The molecule has 0 radical (unpaired) electrons. The summed E-state index contributed by atoms with van der Waals surface area (Å²) in [6, 6.07) is 19.8. The van der Waals surface area contributed by atoms with Gasteiger partial charge in [-0.15, -0.1) is 11.6 Å². The number of hydrogen-bond donors (Lipinski definition) is 3. The van der Waals surface area contributed by atoms with E-state index >= 15 is 0 Å². The van der Waals surface area contributed by atoms with Crippen molar-refractivity contribution in [3.63, 3.8) is 0 Å². The quantitative estimate of drug-likeness (QED) is 0.160. The summed E-state index contributed by atoms with van der Waals surface area (Å²) in [4.78, 5) is 45.7. The van der Waals surface area contributed by atoms with Crippen molar-refractivity contribution in [2.24, 2.45) is 0 Å². The molecule has 0 bridgehead atoms. The fourth-order valence-corrected chi connectivity index (χ4v) is 5.42. The van der Waals surface area contributed by atoms with E-state index in [-0.39, 0.29) is 29.5 Å². The summed E-state index contributed by atoms with van der Waals surface area (Å²) in [6.07, 6.45) is 0.249. The van der Waals surface area contributed by atoms with Crippen molar-refractivity contribution < 1.29 is 27.6 Å². The molecule has 1 aliphatic heterocycles. The lowest BCUT2D eigenvalue weighted by atomic mass is 10.0. The average molecular weight is 664 g/mol. The number of alkyl halides is 4. The van der Waals surface area contributed by atoms with Gasteiger partial charge >= 0.3 is 6.18 Å². The van der Waals surface area contributed by atoms with Gasteiger partial charge < -0.3 is 20.9 Å². The second-order valence-electron chi connectivity index (χ2n) is 11.1. The summed E-state index contributed by atoms with van der Waals surface area (Å²) in [5.74, 6) is -1.03. The van der Waals surface area contributed by atoms with Gasteiger partial charge in [-0.2, -0.15) is 13.2 Å². The average Bonchev–Trinajstić information content (AvgIpc) is 3.10. The van der Waals surface area contributed by atoms with Crippen LogP contribution in [0.15, 0.2) is 85.1 Å². The third-order valence-electron chi connectivity index (χ3n) is 7.75. The summed E-state index contributed by atoms with van der Waals surface area (Å²) in [7, 11) is 0. The Hall–Kier alpha value is -4.90. The van der Waals surface area contributed by atoms with Gasteiger partial charge in [0.15, 0.2) is 0 Å². The number of halogens is 4. The number of amides is 3. The van der Waals surface area contributed by atoms with E-state index in [1.54, 1.807) is 30.3 Å². The molecule has 0 aliphatic carbocycles. The largest absolute Gasteiger partial charge is 0.416 e. The summed E-state index contributed by atoms with van der Waals surface area (Å²) in [6.45, 7) is 1.96. The molecule has 3 aromatic carbocycles. The van der Waals surface area contributed by atoms with Gasteiger partial charge in [0.05, 0.1) is 16.9 Å². The highest BCUT2D eigenvalue weighted by molar-refractivity contribution is 6.18. The van der Waals surface area contributed by atoms with Crippen LogP contribution in [0.5, 0.6) is 0 Å². The first kappa shape index (κ1) is 33.5. The third kappa shape index (κ3) is 8.68. The molecule has 8 nitrogen and oxygen atoms in total. The van der Waals surface area contributed by atoms with E-state index in [9.17, 15) is 27.6 Å². The lowest BCUT2D eigenvalue weighted by Crippen LogP contribution is -2.29. The van der Waals surface area contributed by atoms with Crippen LogP contribution < -0.4 is 20.9 Å². The number of hydrogen-bond acceptors (Lipinski definition) is 5. The van der Waals surface area contributed by atoms with Gasteiger partial charge in [-0.1, -0.05) is 18.2 Å². The second-order valence-corrected chi connectivity index (χ2v) is 11.4. The lowest BCUT2D eigenvalue weighted by molar-refractivity contribution is -0.137. The SMILES string of the molecule is O=C(NCCCl)c1cccc(C(=O)Nc2ccc(N3CCCCC3)cc2-c2cc(C(=O)NCc3cccc(C(F)(F)F)c3)ccn2)c1. The van der Waals surface area contributed by atoms with Crippen molar-refractivity contribution in [1.82, 2.24) is 15.6 Å². The van der Waals surface area contributed by atoms with Crippen molar-refractivity contribution in [3.05, 3.63) is 113 Å². The van der Waals surface area contributed by atoms with Crippen LogP contribution in [0.3, 0.4) is 0 Å². The molecular formula is C35H33ClF3N5O3. The normalized spacial score (nSPS) is 13.1. The van der Waals surface area contributed by atoms with Crippen LogP contribution in [0.4, 0.5) is 24.5 Å². The number of anilines is 2. The zero-order valence-electron chi connectivity index (χ0n) is 25.4. The van der Waals surface area contributed by atoms with Gasteiger partial charge in [-0.25, -0.2) is 0 Å². The van der Waals surface area contributed by atoms with Crippen molar-refractivity contribution in [2.45, 2.75) is 32.0 Å². The van der Waals surface area contributed by atoms with E-state index in [1.165, 1.54) is 30.5 Å². The first-order valence-corrected chi connectivity index (χ1v) is 15.7. The summed E-state index contributed by atoms with van der Waals surface area (Å²) < 4.78 is 39.4. The highest BCUT2D eigenvalue weighted by atomic mass is 35.5. The topological polar surface area (TPSA) is 103 Å². The Kier molecular flexibility index (Phi) is 10.8. The number of piperidine rings is 1. The van der Waals surface area contributed by atoms with Gasteiger partial charge in [0, 0.05) is 66.2 Å². The van der Waals surface area contributed by atoms with Crippen LogP contribution in [0.25, 0.3) is 11.3 Å². The first-order chi connectivity index (χ1) is 22.6. The maximum Gasteiger partial charge on any atom is 0.416 e. The lowest BCUT2D eigenvalue weighted by Gasteiger charge is -2.29. The van der Waals surface area contributed by atoms with Gasteiger partial charge in [-0.05, 0) is 85.5 Å². The molecular weight excluding hydrogens is 631 g/mol. The van der Waals surface area contributed by atoms with Crippen LogP contribution in [0.2, 0.25) is 0 Å². The number of aromatic nitrogens is 1. The van der Waals surface area contributed by atoms with Crippen LogP contribution in [0, 0.1) is 0 Å². The molecule has 1 saturated heterocycles. The van der Waals surface area contributed by atoms with Crippen molar-refractivity contribution >= 4 is 40.7 Å². The van der Waals surface area contributed by atoms with Crippen LogP contribution in [0.1, 0.15) is 61.5 Å². The number of benzene rings is 3. The molecule has 47 heavy (non-hydrogen) atoms. The molecule has 12 heteroatoms. The minimum atomic E-state index is -4.49. The Bertz CT molecular complexity index is 1760.